The zero-order valence-electron chi connectivity index (χ0n) is 9.69. The van der Waals surface area contributed by atoms with Gasteiger partial charge in [-0.25, -0.2) is 0 Å². The number of methoxy groups -OCH3 is 1. The topological polar surface area (TPSA) is 51.6 Å². The van der Waals surface area contributed by atoms with Crippen LogP contribution >= 0.6 is 0 Å². The second-order valence-corrected chi connectivity index (χ2v) is 3.84. The van der Waals surface area contributed by atoms with Gasteiger partial charge in [-0.2, -0.15) is 0 Å². The Bertz CT molecular complexity index is 286. The number of hydrogen-bond acceptors (Lipinski definition) is 4. The highest BCUT2D eigenvalue weighted by Crippen LogP contribution is 2.10. The Kier molecular flexibility index (Phi) is 4.81. The summed E-state index contributed by atoms with van der Waals surface area (Å²) in [6.07, 6.45) is 1.71. The summed E-state index contributed by atoms with van der Waals surface area (Å²) in [5.41, 5.74) is 6.55. The van der Waals surface area contributed by atoms with E-state index in [1.165, 1.54) is 0 Å². The fourth-order valence-corrected chi connectivity index (χ4v) is 1.39. The van der Waals surface area contributed by atoms with Crippen molar-refractivity contribution in [2.45, 2.75) is 26.1 Å². The second kappa shape index (κ2) is 5.90. The van der Waals surface area contributed by atoms with Crippen LogP contribution in [0.5, 0.6) is 0 Å². The monoisotopic (exact) mass is 212 g/mol. The van der Waals surface area contributed by atoms with Crippen LogP contribution < -0.4 is 5.73 Å². The van der Waals surface area contributed by atoms with Crippen LogP contribution in [0.25, 0.3) is 0 Å². The smallest absolute Gasteiger partial charge is 0.118 e. The average molecular weight is 212 g/mol. The molecule has 4 nitrogen and oxygen atoms in total. The summed E-state index contributed by atoms with van der Waals surface area (Å²) in [6, 6.07) is 2.37. The van der Waals surface area contributed by atoms with Gasteiger partial charge in [0.2, 0.25) is 0 Å². The molecule has 0 aliphatic heterocycles. The number of nitrogens with zero attached hydrogens (tertiary/aromatic N) is 1. The maximum atomic E-state index is 5.51. The van der Waals surface area contributed by atoms with E-state index in [1.807, 2.05) is 13.1 Å². The van der Waals surface area contributed by atoms with Crippen LogP contribution in [0.1, 0.15) is 18.2 Å². The van der Waals surface area contributed by atoms with E-state index in [-0.39, 0.29) is 0 Å². The molecule has 1 heterocycles. The number of hydrogen-bond donors (Lipinski definition) is 1. The predicted octanol–water partition coefficient (Wildman–Crippen LogP) is 1.21. The minimum atomic E-state index is 0.376. The molecule has 0 saturated heterocycles. The molecular formula is C11H20N2O2. The first-order valence-electron chi connectivity index (χ1n) is 5.13. The first kappa shape index (κ1) is 12.2. The summed E-state index contributed by atoms with van der Waals surface area (Å²) in [7, 11) is 3.76. The average Bonchev–Trinajstić information content (AvgIpc) is 2.66. The van der Waals surface area contributed by atoms with E-state index in [2.05, 4.69) is 11.8 Å². The lowest BCUT2D eigenvalue weighted by molar-refractivity contribution is 0.108. The molecule has 1 rings (SSSR count). The molecule has 0 amide bonds. The van der Waals surface area contributed by atoms with E-state index in [0.29, 0.717) is 12.6 Å². The second-order valence-electron chi connectivity index (χ2n) is 3.84. The van der Waals surface area contributed by atoms with Crippen molar-refractivity contribution in [1.29, 1.82) is 0 Å². The molecule has 0 fully saturated rings. The molecule has 0 spiro atoms. The van der Waals surface area contributed by atoms with Crippen LogP contribution in [0.15, 0.2) is 16.7 Å². The molecule has 2 N–H and O–H groups in total. The maximum Gasteiger partial charge on any atom is 0.118 e. The Morgan fingerprint density at radius 1 is 1.60 bits per heavy atom. The summed E-state index contributed by atoms with van der Waals surface area (Å²) in [5, 5.41) is 0. The summed E-state index contributed by atoms with van der Waals surface area (Å²) < 4.78 is 10.5. The molecule has 0 saturated carbocycles. The van der Waals surface area contributed by atoms with Crippen LogP contribution in [-0.2, 0) is 17.8 Å². The van der Waals surface area contributed by atoms with Gasteiger partial charge in [0.05, 0.1) is 19.4 Å². The first-order chi connectivity index (χ1) is 7.17. The molecule has 15 heavy (non-hydrogen) atoms. The van der Waals surface area contributed by atoms with Gasteiger partial charge < -0.3 is 14.9 Å². The van der Waals surface area contributed by atoms with Crippen molar-refractivity contribution >= 4 is 0 Å². The van der Waals surface area contributed by atoms with E-state index in [0.717, 1.165) is 24.5 Å². The van der Waals surface area contributed by atoms with Gasteiger partial charge in [0.15, 0.2) is 0 Å². The molecule has 0 bridgehead atoms. The quantitative estimate of drug-likeness (QED) is 0.770. The molecule has 1 unspecified atom stereocenters. The van der Waals surface area contributed by atoms with E-state index in [1.54, 1.807) is 13.4 Å². The van der Waals surface area contributed by atoms with Crippen LogP contribution in [0.3, 0.4) is 0 Å². The standard InChI is InChI=1S/C11H20N2O2/c1-9(7-14-3)13(2)6-11-4-10(5-12)8-15-11/h4,8-9H,5-7,12H2,1-3H3. The number of furan rings is 1. The lowest BCUT2D eigenvalue weighted by Crippen LogP contribution is -2.31. The highest BCUT2D eigenvalue weighted by molar-refractivity contribution is 5.12. The Balaban J connectivity index is 2.46. The molecule has 86 valence electrons. The minimum absolute atomic E-state index is 0.376. The number of rotatable bonds is 6. The summed E-state index contributed by atoms with van der Waals surface area (Å²) in [6.45, 7) is 4.16. The van der Waals surface area contributed by atoms with E-state index in [9.17, 15) is 0 Å². The highest BCUT2D eigenvalue weighted by atomic mass is 16.5. The Morgan fingerprint density at radius 2 is 2.33 bits per heavy atom. The molecule has 0 radical (unpaired) electrons. The fourth-order valence-electron chi connectivity index (χ4n) is 1.39. The summed E-state index contributed by atoms with van der Waals surface area (Å²) >= 11 is 0. The summed E-state index contributed by atoms with van der Waals surface area (Å²) in [5.74, 6) is 0.945. The van der Waals surface area contributed by atoms with Crippen LogP contribution in [0, 0.1) is 0 Å². The van der Waals surface area contributed by atoms with Crippen molar-refractivity contribution in [3.8, 4) is 0 Å². The van der Waals surface area contributed by atoms with Gasteiger partial charge in [-0.1, -0.05) is 0 Å². The Morgan fingerprint density at radius 3 is 2.87 bits per heavy atom. The van der Waals surface area contributed by atoms with E-state index in [4.69, 9.17) is 14.9 Å². The van der Waals surface area contributed by atoms with Gasteiger partial charge in [0.1, 0.15) is 5.76 Å². The summed E-state index contributed by atoms with van der Waals surface area (Å²) in [4.78, 5) is 2.18. The van der Waals surface area contributed by atoms with Crippen LogP contribution in [0.2, 0.25) is 0 Å². The molecule has 0 aromatic carbocycles. The van der Waals surface area contributed by atoms with Crippen LogP contribution in [0.4, 0.5) is 0 Å². The number of nitrogens with two attached hydrogens (primary N) is 1. The molecule has 1 atom stereocenters. The van der Waals surface area contributed by atoms with Crippen molar-refractivity contribution in [3.63, 3.8) is 0 Å². The van der Waals surface area contributed by atoms with E-state index < -0.39 is 0 Å². The number of likely N-dealkylation sites (N-methyl/N-ethyl adjacent to an activating group) is 1. The SMILES string of the molecule is COCC(C)N(C)Cc1cc(CN)co1. The lowest BCUT2D eigenvalue weighted by atomic mass is 10.2. The zero-order chi connectivity index (χ0) is 11.3. The third-order valence-electron chi connectivity index (χ3n) is 2.51. The van der Waals surface area contributed by atoms with Gasteiger partial charge in [-0.15, -0.1) is 0 Å². The Hall–Kier alpha value is -0.840. The molecular weight excluding hydrogens is 192 g/mol. The minimum Gasteiger partial charge on any atom is -0.468 e. The maximum absolute atomic E-state index is 5.51. The molecule has 4 heteroatoms. The predicted molar refractivity (Wildman–Crippen MR) is 59.4 cm³/mol. The molecule has 0 aliphatic carbocycles. The van der Waals surface area contributed by atoms with Crippen LogP contribution in [-0.4, -0.2) is 31.7 Å². The Labute approximate surface area is 91.0 Å². The zero-order valence-corrected chi connectivity index (χ0v) is 9.69. The van der Waals surface area contributed by atoms with Crippen molar-refractivity contribution in [2.75, 3.05) is 20.8 Å². The van der Waals surface area contributed by atoms with Gasteiger partial charge >= 0.3 is 0 Å². The normalized spacial score (nSPS) is 13.4. The van der Waals surface area contributed by atoms with Gasteiger partial charge in [-0.05, 0) is 20.0 Å². The number of ether oxygens (including phenoxy) is 1. The van der Waals surface area contributed by atoms with Gasteiger partial charge in [0.25, 0.3) is 0 Å². The van der Waals surface area contributed by atoms with E-state index >= 15 is 0 Å². The van der Waals surface area contributed by atoms with Crippen molar-refractivity contribution in [3.05, 3.63) is 23.7 Å². The lowest BCUT2D eigenvalue weighted by Gasteiger charge is -2.22. The molecule has 0 aliphatic rings. The van der Waals surface area contributed by atoms with Crippen molar-refractivity contribution in [2.24, 2.45) is 5.73 Å². The third kappa shape index (κ3) is 3.66. The van der Waals surface area contributed by atoms with Crippen molar-refractivity contribution < 1.29 is 9.15 Å². The fraction of sp³-hybridized carbons (Fsp3) is 0.636. The van der Waals surface area contributed by atoms with Gasteiger partial charge in [0, 0.05) is 25.3 Å². The highest BCUT2D eigenvalue weighted by Gasteiger charge is 2.11. The molecule has 1 aromatic rings. The largest absolute Gasteiger partial charge is 0.468 e. The molecule has 1 aromatic heterocycles. The van der Waals surface area contributed by atoms with Gasteiger partial charge in [-0.3, -0.25) is 4.90 Å². The third-order valence-corrected chi connectivity index (χ3v) is 2.51. The van der Waals surface area contributed by atoms with Crippen molar-refractivity contribution in [1.82, 2.24) is 4.90 Å². The first-order valence-corrected chi connectivity index (χ1v) is 5.13.